The highest BCUT2D eigenvalue weighted by atomic mass is 35.5. The average Bonchev–Trinajstić information content (AvgIpc) is 2.33. The number of rotatable bonds is 3. The lowest BCUT2D eigenvalue weighted by Crippen LogP contribution is -2.37. The normalized spacial score (nSPS) is 27.5. The number of aromatic hydroxyl groups is 1. The van der Waals surface area contributed by atoms with Gasteiger partial charge in [0.15, 0.2) is 0 Å². The maximum absolute atomic E-state index is 9.47. The second kappa shape index (κ2) is 6.04. The highest BCUT2D eigenvalue weighted by Gasteiger charge is 2.30. The molecule has 0 saturated heterocycles. The van der Waals surface area contributed by atoms with Gasteiger partial charge >= 0.3 is 0 Å². The van der Waals surface area contributed by atoms with E-state index in [2.05, 4.69) is 26.1 Å². The largest absolute Gasteiger partial charge is 0.506 e. The van der Waals surface area contributed by atoms with Crippen LogP contribution in [-0.2, 0) is 0 Å². The van der Waals surface area contributed by atoms with E-state index < -0.39 is 0 Å². The molecule has 0 heterocycles. The minimum Gasteiger partial charge on any atom is -0.506 e. The van der Waals surface area contributed by atoms with Gasteiger partial charge < -0.3 is 10.4 Å². The predicted octanol–water partition coefficient (Wildman–Crippen LogP) is 4.92. The molecule has 0 bridgehead atoms. The molecule has 0 amide bonds. The number of nitrogens with one attached hydrogen (secondary N) is 1. The smallest absolute Gasteiger partial charge is 0.134 e. The molecule has 0 radical (unpaired) electrons. The Morgan fingerprint density at radius 2 is 2.05 bits per heavy atom. The molecule has 1 aliphatic rings. The summed E-state index contributed by atoms with van der Waals surface area (Å²) < 4.78 is 0. The first-order valence-corrected chi connectivity index (χ1v) is 7.60. The molecule has 106 valence electrons. The zero-order chi connectivity index (χ0) is 14.0. The fourth-order valence-electron chi connectivity index (χ4n) is 3.18. The zero-order valence-electron chi connectivity index (χ0n) is 12.0. The monoisotopic (exact) mass is 281 g/mol. The van der Waals surface area contributed by atoms with Crippen molar-refractivity contribution in [3.05, 3.63) is 23.2 Å². The molecule has 2 nitrogen and oxygen atoms in total. The Balaban J connectivity index is 2.11. The van der Waals surface area contributed by atoms with Crippen molar-refractivity contribution in [2.45, 2.75) is 46.1 Å². The van der Waals surface area contributed by atoms with Gasteiger partial charge in [0.05, 0.1) is 5.02 Å². The van der Waals surface area contributed by atoms with E-state index in [0.717, 1.165) is 11.6 Å². The van der Waals surface area contributed by atoms with Crippen LogP contribution in [-0.4, -0.2) is 11.1 Å². The number of benzene rings is 1. The number of hydrogen-bond acceptors (Lipinski definition) is 2. The molecule has 1 aromatic carbocycles. The van der Waals surface area contributed by atoms with E-state index in [4.69, 9.17) is 11.6 Å². The van der Waals surface area contributed by atoms with E-state index in [1.54, 1.807) is 6.07 Å². The quantitative estimate of drug-likeness (QED) is 0.771. The predicted molar refractivity (Wildman–Crippen MR) is 81.9 cm³/mol. The van der Waals surface area contributed by atoms with Crippen LogP contribution < -0.4 is 5.32 Å². The van der Waals surface area contributed by atoms with Crippen LogP contribution in [0.2, 0.25) is 5.02 Å². The molecule has 1 saturated carbocycles. The molecule has 3 heteroatoms. The Morgan fingerprint density at radius 1 is 1.32 bits per heavy atom. The van der Waals surface area contributed by atoms with Crippen molar-refractivity contribution in [3.8, 4) is 5.75 Å². The number of halogens is 1. The molecule has 0 aliphatic heterocycles. The van der Waals surface area contributed by atoms with Crippen LogP contribution >= 0.6 is 11.6 Å². The van der Waals surface area contributed by atoms with Crippen LogP contribution in [0, 0.1) is 17.8 Å². The molecular formula is C16H24ClNO. The minimum absolute atomic E-state index is 0.143. The Bertz CT molecular complexity index is 433. The fraction of sp³-hybridized carbons (Fsp3) is 0.625. The molecule has 1 fully saturated rings. The topological polar surface area (TPSA) is 32.3 Å². The molecule has 0 aromatic heterocycles. The average molecular weight is 282 g/mol. The molecule has 0 spiro atoms. The van der Waals surface area contributed by atoms with Crippen molar-refractivity contribution in [1.29, 1.82) is 0 Å². The minimum atomic E-state index is 0.143. The van der Waals surface area contributed by atoms with Crippen LogP contribution in [0.1, 0.15) is 40.0 Å². The first kappa shape index (κ1) is 14.5. The lowest BCUT2D eigenvalue weighted by atomic mass is 9.74. The third-order valence-electron chi connectivity index (χ3n) is 4.32. The van der Waals surface area contributed by atoms with Gasteiger partial charge in [-0.05, 0) is 48.8 Å². The van der Waals surface area contributed by atoms with E-state index in [0.29, 0.717) is 22.9 Å². The lowest BCUT2D eigenvalue weighted by Gasteiger charge is -2.38. The highest BCUT2D eigenvalue weighted by molar-refractivity contribution is 6.32. The van der Waals surface area contributed by atoms with Crippen LogP contribution in [0.3, 0.4) is 0 Å². The number of anilines is 1. The van der Waals surface area contributed by atoms with E-state index in [1.165, 1.54) is 19.3 Å². The summed E-state index contributed by atoms with van der Waals surface area (Å²) >= 11 is 5.97. The summed E-state index contributed by atoms with van der Waals surface area (Å²) in [4.78, 5) is 0. The van der Waals surface area contributed by atoms with Crippen LogP contribution in [0.15, 0.2) is 18.2 Å². The summed E-state index contributed by atoms with van der Waals surface area (Å²) in [6.45, 7) is 6.94. The van der Waals surface area contributed by atoms with Crippen LogP contribution in [0.4, 0.5) is 5.69 Å². The Morgan fingerprint density at radius 3 is 2.68 bits per heavy atom. The third-order valence-corrected chi connectivity index (χ3v) is 4.62. The SMILES string of the molecule is CC1CCC(C(C)C)C(Nc2ccc(O)c(Cl)c2)C1. The van der Waals surface area contributed by atoms with Gasteiger partial charge in [-0.2, -0.15) is 0 Å². The first-order valence-electron chi connectivity index (χ1n) is 7.22. The maximum atomic E-state index is 9.47. The van der Waals surface area contributed by atoms with E-state index >= 15 is 0 Å². The van der Waals surface area contributed by atoms with Crippen molar-refractivity contribution in [2.24, 2.45) is 17.8 Å². The van der Waals surface area contributed by atoms with Gasteiger partial charge in [-0.3, -0.25) is 0 Å². The lowest BCUT2D eigenvalue weighted by molar-refractivity contribution is 0.212. The van der Waals surface area contributed by atoms with Gasteiger partial charge in [-0.25, -0.2) is 0 Å². The van der Waals surface area contributed by atoms with Crippen molar-refractivity contribution in [1.82, 2.24) is 0 Å². The summed E-state index contributed by atoms with van der Waals surface area (Å²) in [5.41, 5.74) is 1.01. The maximum Gasteiger partial charge on any atom is 0.134 e. The molecule has 1 aromatic rings. The summed E-state index contributed by atoms with van der Waals surface area (Å²) in [6.07, 6.45) is 3.83. The Labute approximate surface area is 121 Å². The Hall–Kier alpha value is -0.890. The van der Waals surface area contributed by atoms with Crippen molar-refractivity contribution in [3.63, 3.8) is 0 Å². The molecule has 2 N–H and O–H groups in total. The van der Waals surface area contributed by atoms with E-state index in [1.807, 2.05) is 12.1 Å². The molecule has 1 aliphatic carbocycles. The van der Waals surface area contributed by atoms with Crippen LogP contribution in [0.25, 0.3) is 0 Å². The molecule has 2 rings (SSSR count). The van der Waals surface area contributed by atoms with Crippen molar-refractivity contribution in [2.75, 3.05) is 5.32 Å². The second-order valence-electron chi connectivity index (χ2n) is 6.24. The molecule has 19 heavy (non-hydrogen) atoms. The highest BCUT2D eigenvalue weighted by Crippen LogP contribution is 2.36. The fourth-order valence-corrected chi connectivity index (χ4v) is 3.36. The van der Waals surface area contributed by atoms with Gasteiger partial charge in [0, 0.05) is 11.7 Å². The van der Waals surface area contributed by atoms with Gasteiger partial charge in [0.2, 0.25) is 0 Å². The number of phenolic OH excluding ortho intramolecular Hbond substituents is 1. The van der Waals surface area contributed by atoms with Gasteiger partial charge in [0.1, 0.15) is 5.75 Å². The third kappa shape index (κ3) is 3.56. The summed E-state index contributed by atoms with van der Waals surface area (Å²) in [5, 5.41) is 13.5. The Kier molecular flexibility index (Phi) is 4.62. The summed E-state index contributed by atoms with van der Waals surface area (Å²) in [6, 6.07) is 5.87. The van der Waals surface area contributed by atoms with E-state index in [-0.39, 0.29) is 5.75 Å². The van der Waals surface area contributed by atoms with Gasteiger partial charge in [-0.15, -0.1) is 0 Å². The summed E-state index contributed by atoms with van der Waals surface area (Å²) in [5.74, 6) is 2.33. The van der Waals surface area contributed by atoms with Gasteiger partial charge in [-0.1, -0.05) is 38.8 Å². The van der Waals surface area contributed by atoms with Gasteiger partial charge in [0.25, 0.3) is 0 Å². The van der Waals surface area contributed by atoms with Crippen LogP contribution in [0.5, 0.6) is 5.75 Å². The standard InChI is InChI=1S/C16H24ClNO/c1-10(2)13-6-4-11(3)8-15(13)18-12-5-7-16(19)14(17)9-12/h5,7,9-11,13,15,18-19H,4,6,8H2,1-3H3. The second-order valence-corrected chi connectivity index (χ2v) is 6.65. The molecule has 3 atom stereocenters. The van der Waals surface area contributed by atoms with E-state index in [9.17, 15) is 5.11 Å². The first-order chi connectivity index (χ1) is 8.97. The van der Waals surface area contributed by atoms with Crippen molar-refractivity contribution < 1.29 is 5.11 Å². The molecular weight excluding hydrogens is 258 g/mol. The molecule has 3 unspecified atom stereocenters. The zero-order valence-corrected chi connectivity index (χ0v) is 12.7. The van der Waals surface area contributed by atoms with Crippen molar-refractivity contribution >= 4 is 17.3 Å². The summed E-state index contributed by atoms with van der Waals surface area (Å²) in [7, 11) is 0. The number of phenols is 1. The number of hydrogen-bond donors (Lipinski definition) is 2.